The minimum Gasteiger partial charge on any atom is -0.497 e. The van der Waals surface area contributed by atoms with Gasteiger partial charge in [-0.3, -0.25) is 4.79 Å². The van der Waals surface area contributed by atoms with E-state index in [2.05, 4.69) is 15.5 Å². The number of thioether (sulfide) groups is 1. The molecule has 0 aliphatic carbocycles. The average molecular weight is 307 g/mol. The first-order valence-corrected chi connectivity index (χ1v) is 7.47. The average Bonchev–Trinajstić information content (AvgIpc) is 2.95. The third-order valence-corrected chi connectivity index (χ3v) is 3.43. The van der Waals surface area contributed by atoms with E-state index in [1.807, 2.05) is 13.8 Å². The third kappa shape index (κ3) is 4.49. The lowest BCUT2D eigenvalue weighted by Gasteiger charge is -2.05. The molecule has 7 heteroatoms. The summed E-state index contributed by atoms with van der Waals surface area (Å²) in [5.74, 6) is 1.59. The maximum absolute atomic E-state index is 11.8. The Balaban J connectivity index is 1.83. The van der Waals surface area contributed by atoms with E-state index >= 15 is 0 Å². The number of hydrogen-bond donors (Lipinski definition) is 1. The van der Waals surface area contributed by atoms with E-state index < -0.39 is 0 Å². The minimum absolute atomic E-state index is 0.130. The van der Waals surface area contributed by atoms with Crippen LogP contribution in [0, 0.1) is 0 Å². The Bertz CT molecular complexity index is 596. The van der Waals surface area contributed by atoms with Crippen molar-refractivity contribution in [2.45, 2.75) is 25.0 Å². The van der Waals surface area contributed by atoms with E-state index in [9.17, 15) is 4.79 Å². The minimum atomic E-state index is -0.130. The Morgan fingerprint density at radius 1 is 1.33 bits per heavy atom. The van der Waals surface area contributed by atoms with Gasteiger partial charge in [-0.2, -0.15) is 0 Å². The summed E-state index contributed by atoms with van der Waals surface area (Å²) in [5, 5.41) is 11.0. The number of anilines is 1. The summed E-state index contributed by atoms with van der Waals surface area (Å²) in [6.45, 7) is 3.94. The zero-order valence-corrected chi connectivity index (χ0v) is 12.9. The van der Waals surface area contributed by atoms with Crippen LogP contribution in [0.3, 0.4) is 0 Å². The molecule has 0 saturated carbocycles. The van der Waals surface area contributed by atoms with Crippen molar-refractivity contribution in [1.82, 2.24) is 10.2 Å². The summed E-state index contributed by atoms with van der Waals surface area (Å²) in [4.78, 5) is 11.8. The highest BCUT2D eigenvalue weighted by molar-refractivity contribution is 7.99. The fourth-order valence-corrected chi connectivity index (χ4v) is 2.08. The number of carbonyl (C=O) groups is 1. The van der Waals surface area contributed by atoms with Crippen molar-refractivity contribution in [2.75, 3.05) is 18.2 Å². The second-order valence-electron chi connectivity index (χ2n) is 4.63. The molecule has 2 aromatic rings. The summed E-state index contributed by atoms with van der Waals surface area (Å²) >= 11 is 1.22. The second-order valence-corrected chi connectivity index (χ2v) is 5.55. The number of ether oxygens (including phenoxy) is 1. The van der Waals surface area contributed by atoms with Crippen LogP contribution in [0.1, 0.15) is 25.7 Å². The monoisotopic (exact) mass is 307 g/mol. The Kier molecular flexibility index (Phi) is 5.21. The van der Waals surface area contributed by atoms with Crippen molar-refractivity contribution in [3.05, 3.63) is 30.2 Å². The van der Waals surface area contributed by atoms with Crippen LogP contribution < -0.4 is 10.1 Å². The Hall–Kier alpha value is -2.02. The molecule has 6 nitrogen and oxygen atoms in total. The molecule has 0 aliphatic rings. The quantitative estimate of drug-likeness (QED) is 0.827. The molecule has 1 aromatic carbocycles. The molecule has 0 spiro atoms. The zero-order chi connectivity index (χ0) is 15.2. The van der Waals surface area contributed by atoms with E-state index in [4.69, 9.17) is 9.15 Å². The molecule has 112 valence electrons. The van der Waals surface area contributed by atoms with Crippen LogP contribution in [0.5, 0.6) is 5.75 Å². The Morgan fingerprint density at radius 3 is 2.62 bits per heavy atom. The predicted octanol–water partition coefficient (Wildman–Crippen LogP) is 2.93. The summed E-state index contributed by atoms with van der Waals surface area (Å²) in [6.07, 6.45) is 0. The standard InChI is InChI=1S/C14H17N3O3S/c1-9(2)13-16-17-14(20-13)21-8-12(18)15-10-4-6-11(19-3)7-5-10/h4-7,9H,8H2,1-3H3,(H,15,18). The smallest absolute Gasteiger partial charge is 0.277 e. The normalized spacial score (nSPS) is 10.7. The fraction of sp³-hybridized carbons (Fsp3) is 0.357. The van der Waals surface area contributed by atoms with Crippen LogP contribution in [0.15, 0.2) is 33.9 Å². The van der Waals surface area contributed by atoms with Gasteiger partial charge in [0, 0.05) is 11.6 Å². The van der Waals surface area contributed by atoms with E-state index in [1.54, 1.807) is 31.4 Å². The maximum atomic E-state index is 11.8. The summed E-state index contributed by atoms with van der Waals surface area (Å²) in [5.41, 5.74) is 0.717. The molecular weight excluding hydrogens is 290 g/mol. The molecule has 1 amide bonds. The fourth-order valence-electron chi connectivity index (χ4n) is 1.51. The predicted molar refractivity (Wildman–Crippen MR) is 80.7 cm³/mol. The van der Waals surface area contributed by atoms with Crippen LogP contribution in [-0.2, 0) is 4.79 Å². The first-order valence-electron chi connectivity index (χ1n) is 6.48. The van der Waals surface area contributed by atoms with E-state index in [0.717, 1.165) is 11.4 Å². The Labute approximate surface area is 127 Å². The summed E-state index contributed by atoms with van der Waals surface area (Å²) < 4.78 is 10.5. The van der Waals surface area contributed by atoms with Gasteiger partial charge in [0.25, 0.3) is 5.22 Å². The summed E-state index contributed by atoms with van der Waals surface area (Å²) in [6, 6.07) is 7.14. The molecule has 0 atom stereocenters. The highest BCUT2D eigenvalue weighted by Crippen LogP contribution is 2.21. The number of rotatable bonds is 6. The van der Waals surface area contributed by atoms with Gasteiger partial charge in [-0.1, -0.05) is 25.6 Å². The molecule has 0 radical (unpaired) electrons. The second kappa shape index (κ2) is 7.12. The molecule has 0 aliphatic heterocycles. The molecule has 2 rings (SSSR count). The lowest BCUT2D eigenvalue weighted by molar-refractivity contribution is -0.113. The molecule has 1 heterocycles. The number of nitrogens with zero attached hydrogens (tertiary/aromatic N) is 2. The molecule has 21 heavy (non-hydrogen) atoms. The lowest BCUT2D eigenvalue weighted by atomic mass is 10.2. The van der Waals surface area contributed by atoms with Crippen LogP contribution in [0.25, 0.3) is 0 Å². The van der Waals surface area contributed by atoms with E-state index in [-0.39, 0.29) is 17.6 Å². The van der Waals surface area contributed by atoms with Gasteiger partial charge in [-0.25, -0.2) is 0 Å². The first-order chi connectivity index (χ1) is 10.1. The van der Waals surface area contributed by atoms with Gasteiger partial charge >= 0.3 is 0 Å². The van der Waals surface area contributed by atoms with Crippen molar-refractivity contribution >= 4 is 23.4 Å². The van der Waals surface area contributed by atoms with Gasteiger partial charge < -0.3 is 14.5 Å². The number of carbonyl (C=O) groups excluding carboxylic acids is 1. The SMILES string of the molecule is COc1ccc(NC(=O)CSc2nnc(C(C)C)o2)cc1. The largest absolute Gasteiger partial charge is 0.497 e. The van der Waals surface area contributed by atoms with Gasteiger partial charge in [0.05, 0.1) is 12.9 Å². The van der Waals surface area contributed by atoms with Crippen LogP contribution in [0.4, 0.5) is 5.69 Å². The molecule has 0 saturated heterocycles. The topological polar surface area (TPSA) is 77.2 Å². The third-order valence-electron chi connectivity index (χ3n) is 2.62. The van der Waals surface area contributed by atoms with Gasteiger partial charge in [-0.15, -0.1) is 10.2 Å². The molecule has 1 aromatic heterocycles. The van der Waals surface area contributed by atoms with Gasteiger partial charge in [0.1, 0.15) is 5.75 Å². The van der Waals surface area contributed by atoms with Crippen molar-refractivity contribution < 1.29 is 13.9 Å². The number of nitrogens with one attached hydrogen (secondary N) is 1. The number of aromatic nitrogens is 2. The van der Waals surface area contributed by atoms with E-state index in [0.29, 0.717) is 11.1 Å². The highest BCUT2D eigenvalue weighted by atomic mass is 32.2. The van der Waals surface area contributed by atoms with Crippen LogP contribution in [0.2, 0.25) is 0 Å². The molecule has 0 bridgehead atoms. The maximum Gasteiger partial charge on any atom is 0.277 e. The van der Waals surface area contributed by atoms with Crippen molar-refractivity contribution in [1.29, 1.82) is 0 Å². The van der Waals surface area contributed by atoms with Gasteiger partial charge in [0.2, 0.25) is 11.8 Å². The summed E-state index contributed by atoms with van der Waals surface area (Å²) in [7, 11) is 1.60. The lowest BCUT2D eigenvalue weighted by Crippen LogP contribution is -2.13. The molecule has 0 fully saturated rings. The van der Waals surface area contributed by atoms with Gasteiger partial charge in [0.15, 0.2) is 0 Å². The van der Waals surface area contributed by atoms with Gasteiger partial charge in [-0.05, 0) is 24.3 Å². The van der Waals surface area contributed by atoms with Crippen molar-refractivity contribution in [2.24, 2.45) is 0 Å². The number of hydrogen-bond acceptors (Lipinski definition) is 6. The molecular formula is C14H17N3O3S. The van der Waals surface area contributed by atoms with Crippen molar-refractivity contribution in [3.63, 3.8) is 0 Å². The zero-order valence-electron chi connectivity index (χ0n) is 12.1. The van der Waals surface area contributed by atoms with E-state index in [1.165, 1.54) is 11.8 Å². The van der Waals surface area contributed by atoms with Crippen LogP contribution in [-0.4, -0.2) is 29.0 Å². The Morgan fingerprint density at radius 2 is 2.05 bits per heavy atom. The highest BCUT2D eigenvalue weighted by Gasteiger charge is 2.12. The number of benzene rings is 1. The molecule has 1 N–H and O–H groups in total. The van der Waals surface area contributed by atoms with Crippen LogP contribution >= 0.6 is 11.8 Å². The number of methoxy groups -OCH3 is 1. The number of amides is 1. The first kappa shape index (κ1) is 15.4. The van der Waals surface area contributed by atoms with Crippen molar-refractivity contribution in [3.8, 4) is 5.75 Å². The molecule has 0 unspecified atom stereocenters.